The lowest BCUT2D eigenvalue weighted by atomic mass is 10.3. The predicted molar refractivity (Wildman–Crippen MR) is 124 cm³/mol. The van der Waals surface area contributed by atoms with Crippen LogP contribution < -0.4 is 9.64 Å². The zero-order valence-corrected chi connectivity index (χ0v) is 19.2. The number of fused-ring (bicyclic) bond motifs is 1. The van der Waals surface area contributed by atoms with Crippen molar-refractivity contribution in [3.05, 3.63) is 52.5 Å². The molecule has 0 radical (unpaired) electrons. The van der Waals surface area contributed by atoms with Crippen molar-refractivity contribution in [3.63, 3.8) is 0 Å². The lowest BCUT2D eigenvalue weighted by molar-refractivity contribution is -0.120. The minimum absolute atomic E-state index is 0. The fraction of sp³-hybridized carbons (Fsp3) is 0.300. The highest BCUT2D eigenvalue weighted by Crippen LogP contribution is 2.33. The van der Waals surface area contributed by atoms with Gasteiger partial charge in [-0.05, 0) is 63.5 Å². The molecule has 0 aliphatic carbocycles. The highest BCUT2D eigenvalue weighted by Gasteiger charge is 2.21. The first-order valence-electron chi connectivity index (χ1n) is 8.82. The number of amides is 1. The Balaban J connectivity index is 0.00000300. The average Bonchev–Trinajstić information content (AvgIpc) is 3.09. The van der Waals surface area contributed by atoms with Crippen LogP contribution in [0.3, 0.4) is 0 Å². The Labute approximate surface area is 190 Å². The van der Waals surface area contributed by atoms with Crippen molar-refractivity contribution in [3.8, 4) is 5.75 Å². The highest BCUT2D eigenvalue weighted by atomic mass is 35.5. The largest absolute Gasteiger partial charge is 0.484 e. The lowest BCUT2D eigenvalue weighted by Crippen LogP contribution is -2.36. The number of nitrogens with zero attached hydrogens (tertiary/aromatic N) is 3. The van der Waals surface area contributed by atoms with E-state index in [9.17, 15) is 4.79 Å². The molecule has 1 amide bonds. The summed E-state index contributed by atoms with van der Waals surface area (Å²) in [5, 5.41) is 1.83. The highest BCUT2D eigenvalue weighted by molar-refractivity contribution is 7.22. The van der Waals surface area contributed by atoms with E-state index in [0.29, 0.717) is 33.0 Å². The summed E-state index contributed by atoms with van der Waals surface area (Å²) in [6.45, 7) is 1.35. The Morgan fingerprint density at radius 1 is 1.10 bits per heavy atom. The van der Waals surface area contributed by atoms with Crippen LogP contribution in [0.25, 0.3) is 10.2 Å². The Hall–Kier alpha value is -1.57. The fourth-order valence-electron chi connectivity index (χ4n) is 2.64. The first kappa shape index (κ1) is 23.7. The zero-order chi connectivity index (χ0) is 20.1. The molecule has 0 unspecified atom stereocenters. The van der Waals surface area contributed by atoms with Gasteiger partial charge in [0.15, 0.2) is 11.7 Å². The van der Waals surface area contributed by atoms with E-state index < -0.39 is 0 Å². The van der Waals surface area contributed by atoms with Crippen molar-refractivity contribution in [2.45, 2.75) is 6.42 Å². The molecule has 5 nitrogen and oxygen atoms in total. The van der Waals surface area contributed by atoms with Gasteiger partial charge in [-0.1, -0.05) is 40.6 Å². The summed E-state index contributed by atoms with van der Waals surface area (Å²) in [5.74, 6) is 0.447. The molecule has 0 N–H and O–H groups in total. The Kier molecular flexibility index (Phi) is 8.99. The average molecular weight is 475 g/mol. The van der Waals surface area contributed by atoms with Crippen molar-refractivity contribution < 1.29 is 9.53 Å². The van der Waals surface area contributed by atoms with E-state index in [-0.39, 0.29) is 24.9 Å². The van der Waals surface area contributed by atoms with Crippen LogP contribution in [0.15, 0.2) is 42.5 Å². The van der Waals surface area contributed by atoms with E-state index in [2.05, 4.69) is 9.88 Å². The lowest BCUT2D eigenvalue weighted by Gasteiger charge is -2.21. The van der Waals surface area contributed by atoms with Crippen LogP contribution in [-0.4, -0.2) is 49.6 Å². The van der Waals surface area contributed by atoms with Gasteiger partial charge in [-0.15, -0.1) is 12.4 Å². The molecule has 156 valence electrons. The van der Waals surface area contributed by atoms with Gasteiger partial charge < -0.3 is 9.64 Å². The van der Waals surface area contributed by atoms with Gasteiger partial charge in [0.05, 0.1) is 9.72 Å². The van der Waals surface area contributed by atoms with E-state index in [1.807, 2.05) is 26.2 Å². The third-order valence-corrected chi connectivity index (χ3v) is 5.65. The molecule has 0 bridgehead atoms. The monoisotopic (exact) mass is 473 g/mol. The number of para-hydroxylation sites is 1. The smallest absolute Gasteiger partial charge is 0.266 e. The van der Waals surface area contributed by atoms with Gasteiger partial charge >= 0.3 is 0 Å². The molecule has 0 aliphatic rings. The summed E-state index contributed by atoms with van der Waals surface area (Å²) in [5.41, 5.74) is 0.716. The Morgan fingerprint density at radius 3 is 2.48 bits per heavy atom. The number of benzene rings is 2. The molecule has 3 aromatic rings. The van der Waals surface area contributed by atoms with Gasteiger partial charge in [-0.3, -0.25) is 9.69 Å². The second kappa shape index (κ2) is 11.0. The van der Waals surface area contributed by atoms with Gasteiger partial charge in [0.1, 0.15) is 11.3 Å². The third kappa shape index (κ3) is 6.46. The molecule has 0 fully saturated rings. The van der Waals surface area contributed by atoms with E-state index in [1.165, 1.54) is 11.3 Å². The number of anilines is 1. The van der Waals surface area contributed by atoms with Gasteiger partial charge in [0.25, 0.3) is 5.91 Å². The number of ether oxygens (including phenoxy) is 1. The number of halogens is 3. The van der Waals surface area contributed by atoms with Gasteiger partial charge in [-0.25, -0.2) is 4.98 Å². The summed E-state index contributed by atoms with van der Waals surface area (Å²) < 4.78 is 6.59. The molecule has 0 saturated heterocycles. The predicted octanol–water partition coefficient (Wildman–Crippen LogP) is 5.39. The van der Waals surface area contributed by atoms with Crippen molar-refractivity contribution in [1.82, 2.24) is 9.88 Å². The van der Waals surface area contributed by atoms with Crippen LogP contribution >= 0.6 is 46.9 Å². The van der Waals surface area contributed by atoms with Crippen LogP contribution in [0, 0.1) is 0 Å². The Morgan fingerprint density at radius 2 is 1.83 bits per heavy atom. The summed E-state index contributed by atoms with van der Waals surface area (Å²) in [7, 11) is 4.01. The van der Waals surface area contributed by atoms with E-state index in [0.717, 1.165) is 17.7 Å². The standard InChI is InChI=1S/C20H21Cl2N3O2S.ClH/c1-24(2)11-4-12-25(18(26)13-27-15-9-7-14(21)8-10-15)20-23-19-16(22)5-3-6-17(19)28-20;/h3,5-10H,4,11-13H2,1-2H3;1H. The second-order valence-corrected chi connectivity index (χ2v) is 8.38. The quantitative estimate of drug-likeness (QED) is 0.439. The Bertz CT molecular complexity index is 948. The van der Waals surface area contributed by atoms with Crippen LogP contribution in [0.1, 0.15) is 6.42 Å². The number of aromatic nitrogens is 1. The molecule has 3 rings (SSSR count). The number of carbonyl (C=O) groups is 1. The summed E-state index contributed by atoms with van der Waals surface area (Å²) in [4.78, 5) is 21.3. The van der Waals surface area contributed by atoms with Crippen LogP contribution in [0.5, 0.6) is 5.75 Å². The number of rotatable bonds is 8. The molecule has 2 aromatic carbocycles. The molecule has 9 heteroatoms. The normalized spacial score (nSPS) is 10.8. The molecule has 29 heavy (non-hydrogen) atoms. The van der Waals surface area contributed by atoms with Crippen LogP contribution in [0.4, 0.5) is 5.13 Å². The minimum Gasteiger partial charge on any atom is -0.484 e. The summed E-state index contributed by atoms with van der Waals surface area (Å²) >= 11 is 13.6. The fourth-order valence-corrected chi connectivity index (χ4v) is 4.08. The molecule has 1 heterocycles. The maximum atomic E-state index is 12.9. The third-order valence-electron chi connectivity index (χ3n) is 4.05. The topological polar surface area (TPSA) is 45.7 Å². The van der Waals surface area contributed by atoms with Gasteiger partial charge in [0, 0.05) is 11.6 Å². The van der Waals surface area contributed by atoms with E-state index in [1.54, 1.807) is 35.2 Å². The maximum absolute atomic E-state index is 12.9. The van der Waals surface area contributed by atoms with Crippen molar-refractivity contribution >= 4 is 68.2 Å². The van der Waals surface area contributed by atoms with Crippen molar-refractivity contribution in [2.75, 3.05) is 38.7 Å². The van der Waals surface area contributed by atoms with Crippen molar-refractivity contribution in [1.29, 1.82) is 0 Å². The number of hydrogen-bond acceptors (Lipinski definition) is 5. The SMILES string of the molecule is CN(C)CCCN(C(=O)COc1ccc(Cl)cc1)c1nc2c(Cl)cccc2s1.Cl. The van der Waals surface area contributed by atoms with Gasteiger partial charge in [-0.2, -0.15) is 0 Å². The number of thiazole rings is 1. The minimum atomic E-state index is -0.149. The molecular formula is C20H22Cl3N3O2S. The molecule has 0 spiro atoms. The molecule has 0 atom stereocenters. The number of carbonyl (C=O) groups excluding carboxylic acids is 1. The first-order valence-corrected chi connectivity index (χ1v) is 10.4. The van der Waals surface area contributed by atoms with E-state index >= 15 is 0 Å². The van der Waals surface area contributed by atoms with Crippen LogP contribution in [-0.2, 0) is 4.79 Å². The van der Waals surface area contributed by atoms with E-state index in [4.69, 9.17) is 27.9 Å². The van der Waals surface area contributed by atoms with Crippen LogP contribution in [0.2, 0.25) is 10.0 Å². The summed E-state index contributed by atoms with van der Waals surface area (Å²) in [6.07, 6.45) is 0.823. The van der Waals surface area contributed by atoms with Gasteiger partial charge in [0.2, 0.25) is 0 Å². The first-order chi connectivity index (χ1) is 13.4. The molecule has 1 aromatic heterocycles. The molecule has 0 aliphatic heterocycles. The second-order valence-electron chi connectivity index (χ2n) is 6.53. The number of hydrogen-bond donors (Lipinski definition) is 0. The maximum Gasteiger partial charge on any atom is 0.266 e. The molecule has 0 saturated carbocycles. The summed E-state index contributed by atoms with van der Waals surface area (Å²) in [6, 6.07) is 12.6. The van der Waals surface area contributed by atoms with Crippen molar-refractivity contribution in [2.24, 2.45) is 0 Å². The molecular weight excluding hydrogens is 453 g/mol. The zero-order valence-electron chi connectivity index (χ0n) is 16.1.